The Morgan fingerprint density at radius 2 is 1.85 bits per heavy atom. The molecule has 0 radical (unpaired) electrons. The monoisotopic (exact) mass is 190 g/mol. The van der Waals surface area contributed by atoms with Crippen molar-refractivity contribution in [3.05, 3.63) is 47.5 Å². The highest BCUT2D eigenvalue weighted by Gasteiger charge is 2.06. The summed E-state index contributed by atoms with van der Waals surface area (Å²) in [6, 6.07) is 4.17. The standard InChI is InChI=1S/C12H14S/c1-5-11-8(2)6-7-9(3)12(11)10(4)13/h5-7,13H,1,4H2,2-3H3. The van der Waals surface area contributed by atoms with Crippen molar-refractivity contribution in [2.24, 2.45) is 0 Å². The molecule has 0 heterocycles. The van der Waals surface area contributed by atoms with E-state index in [-0.39, 0.29) is 0 Å². The lowest BCUT2D eigenvalue weighted by Crippen LogP contribution is -1.91. The van der Waals surface area contributed by atoms with E-state index in [2.05, 4.69) is 51.8 Å². The van der Waals surface area contributed by atoms with Gasteiger partial charge in [0.05, 0.1) is 0 Å². The largest absolute Gasteiger partial charge is 0.143 e. The van der Waals surface area contributed by atoms with Crippen molar-refractivity contribution in [1.82, 2.24) is 0 Å². The number of hydrogen-bond acceptors (Lipinski definition) is 1. The number of benzene rings is 1. The molecule has 0 fully saturated rings. The summed E-state index contributed by atoms with van der Waals surface area (Å²) in [4.78, 5) is 0.802. The molecule has 0 saturated heterocycles. The van der Waals surface area contributed by atoms with Crippen LogP contribution in [0.2, 0.25) is 0 Å². The molecular weight excluding hydrogens is 176 g/mol. The summed E-state index contributed by atoms with van der Waals surface area (Å²) in [6.45, 7) is 11.8. The average Bonchev–Trinajstić information content (AvgIpc) is 2.07. The van der Waals surface area contributed by atoms with Gasteiger partial charge in [-0.2, -0.15) is 0 Å². The van der Waals surface area contributed by atoms with Crippen LogP contribution in [0.15, 0.2) is 25.3 Å². The predicted octanol–water partition coefficient (Wildman–Crippen LogP) is 3.85. The zero-order valence-corrected chi connectivity index (χ0v) is 8.99. The summed E-state index contributed by atoms with van der Waals surface area (Å²) in [5.41, 5.74) is 4.66. The van der Waals surface area contributed by atoms with Crippen molar-refractivity contribution >= 4 is 23.6 Å². The highest BCUT2D eigenvalue weighted by Crippen LogP contribution is 2.27. The molecule has 0 saturated carbocycles. The van der Waals surface area contributed by atoms with Gasteiger partial charge in [0.25, 0.3) is 0 Å². The van der Waals surface area contributed by atoms with Crippen molar-refractivity contribution in [3.63, 3.8) is 0 Å². The van der Waals surface area contributed by atoms with Gasteiger partial charge in [0.2, 0.25) is 0 Å². The molecule has 0 aliphatic rings. The quantitative estimate of drug-likeness (QED) is 0.673. The number of thiol groups is 1. The Hall–Kier alpha value is -0.950. The van der Waals surface area contributed by atoms with E-state index in [1.54, 1.807) is 0 Å². The van der Waals surface area contributed by atoms with Gasteiger partial charge in [-0.3, -0.25) is 0 Å². The third kappa shape index (κ3) is 1.86. The highest BCUT2D eigenvalue weighted by atomic mass is 32.1. The van der Waals surface area contributed by atoms with Gasteiger partial charge in [0, 0.05) is 4.91 Å². The zero-order chi connectivity index (χ0) is 10.0. The highest BCUT2D eigenvalue weighted by molar-refractivity contribution is 7.90. The molecule has 1 aromatic rings. The summed E-state index contributed by atoms with van der Waals surface area (Å²) in [6.07, 6.45) is 1.86. The van der Waals surface area contributed by atoms with Crippen molar-refractivity contribution in [3.8, 4) is 0 Å². The van der Waals surface area contributed by atoms with Gasteiger partial charge in [-0.05, 0) is 36.1 Å². The second-order valence-electron chi connectivity index (χ2n) is 3.14. The SMILES string of the molecule is C=Cc1c(C)ccc(C)c1C(=C)S. The van der Waals surface area contributed by atoms with Crippen LogP contribution in [-0.2, 0) is 0 Å². The maximum Gasteiger partial charge on any atom is 0.00493 e. The first-order valence-electron chi connectivity index (χ1n) is 4.18. The maximum atomic E-state index is 4.29. The van der Waals surface area contributed by atoms with Crippen molar-refractivity contribution in [2.75, 3.05) is 0 Å². The molecule has 1 rings (SSSR count). The zero-order valence-electron chi connectivity index (χ0n) is 8.09. The lowest BCUT2D eigenvalue weighted by atomic mass is 9.97. The molecule has 1 aromatic carbocycles. The molecule has 68 valence electrons. The van der Waals surface area contributed by atoms with Crippen LogP contribution >= 0.6 is 12.6 Å². The van der Waals surface area contributed by atoms with E-state index in [0.29, 0.717) is 0 Å². The molecule has 1 heteroatoms. The summed E-state index contributed by atoms with van der Waals surface area (Å²) in [5.74, 6) is 0. The minimum absolute atomic E-state index is 0.802. The Morgan fingerprint density at radius 1 is 1.31 bits per heavy atom. The molecule has 0 aliphatic carbocycles. The molecule has 0 atom stereocenters. The van der Waals surface area contributed by atoms with Gasteiger partial charge < -0.3 is 0 Å². The van der Waals surface area contributed by atoms with E-state index in [9.17, 15) is 0 Å². The van der Waals surface area contributed by atoms with Gasteiger partial charge in [0.15, 0.2) is 0 Å². The number of aryl methyl sites for hydroxylation is 2. The van der Waals surface area contributed by atoms with Gasteiger partial charge in [-0.15, -0.1) is 12.6 Å². The maximum absolute atomic E-state index is 4.29. The van der Waals surface area contributed by atoms with Crippen molar-refractivity contribution in [2.45, 2.75) is 13.8 Å². The molecule has 0 nitrogen and oxygen atoms in total. The van der Waals surface area contributed by atoms with E-state index in [1.807, 2.05) is 6.08 Å². The van der Waals surface area contributed by atoms with Crippen molar-refractivity contribution in [1.29, 1.82) is 0 Å². The Morgan fingerprint density at radius 3 is 2.23 bits per heavy atom. The first-order chi connectivity index (χ1) is 6.07. The average molecular weight is 190 g/mol. The Kier molecular flexibility index (Phi) is 2.99. The fourth-order valence-electron chi connectivity index (χ4n) is 1.48. The molecule has 13 heavy (non-hydrogen) atoms. The molecule has 0 aliphatic heterocycles. The van der Waals surface area contributed by atoms with E-state index < -0.39 is 0 Å². The normalized spacial score (nSPS) is 9.77. The van der Waals surface area contributed by atoms with Gasteiger partial charge in [0.1, 0.15) is 0 Å². The number of rotatable bonds is 2. The van der Waals surface area contributed by atoms with E-state index in [1.165, 1.54) is 11.1 Å². The minimum atomic E-state index is 0.802. The second-order valence-corrected chi connectivity index (χ2v) is 3.68. The third-order valence-electron chi connectivity index (χ3n) is 2.16. The Balaban J connectivity index is 3.52. The van der Waals surface area contributed by atoms with Crippen LogP contribution in [-0.4, -0.2) is 0 Å². The lowest BCUT2D eigenvalue weighted by molar-refractivity contribution is 1.35. The van der Waals surface area contributed by atoms with Crippen LogP contribution in [0.4, 0.5) is 0 Å². The Labute approximate surface area is 85.4 Å². The summed E-state index contributed by atoms with van der Waals surface area (Å²) < 4.78 is 0. The van der Waals surface area contributed by atoms with Crippen LogP contribution in [0.25, 0.3) is 11.0 Å². The summed E-state index contributed by atoms with van der Waals surface area (Å²) in [5, 5.41) is 0. The van der Waals surface area contributed by atoms with Crippen LogP contribution < -0.4 is 0 Å². The number of hydrogen-bond donors (Lipinski definition) is 1. The van der Waals surface area contributed by atoms with E-state index >= 15 is 0 Å². The molecule has 0 aromatic heterocycles. The first kappa shape index (κ1) is 10.1. The predicted molar refractivity (Wildman–Crippen MR) is 64.0 cm³/mol. The topological polar surface area (TPSA) is 0 Å². The Bertz CT molecular complexity index is 362. The van der Waals surface area contributed by atoms with E-state index in [0.717, 1.165) is 16.0 Å². The molecule has 0 bridgehead atoms. The van der Waals surface area contributed by atoms with Crippen LogP contribution in [0, 0.1) is 13.8 Å². The van der Waals surface area contributed by atoms with Gasteiger partial charge in [-0.25, -0.2) is 0 Å². The van der Waals surface area contributed by atoms with Crippen LogP contribution in [0.3, 0.4) is 0 Å². The third-order valence-corrected chi connectivity index (χ3v) is 2.39. The van der Waals surface area contributed by atoms with Crippen molar-refractivity contribution < 1.29 is 0 Å². The van der Waals surface area contributed by atoms with Gasteiger partial charge >= 0.3 is 0 Å². The van der Waals surface area contributed by atoms with E-state index in [4.69, 9.17) is 0 Å². The second kappa shape index (κ2) is 3.84. The van der Waals surface area contributed by atoms with Crippen LogP contribution in [0.5, 0.6) is 0 Å². The minimum Gasteiger partial charge on any atom is -0.143 e. The van der Waals surface area contributed by atoms with Crippen LogP contribution in [0.1, 0.15) is 22.3 Å². The fraction of sp³-hybridized carbons (Fsp3) is 0.167. The summed E-state index contributed by atoms with van der Waals surface area (Å²) in [7, 11) is 0. The smallest absolute Gasteiger partial charge is 0.00493 e. The molecule has 0 amide bonds. The lowest BCUT2D eigenvalue weighted by Gasteiger charge is -2.11. The molecule has 0 N–H and O–H groups in total. The molecule has 0 spiro atoms. The molecular formula is C12H14S. The first-order valence-corrected chi connectivity index (χ1v) is 4.63. The summed E-state index contributed by atoms with van der Waals surface area (Å²) >= 11 is 4.29. The van der Waals surface area contributed by atoms with Gasteiger partial charge in [-0.1, -0.05) is 31.4 Å². The molecule has 0 unspecified atom stereocenters. The fourth-order valence-corrected chi connectivity index (χ4v) is 1.78.